The summed E-state index contributed by atoms with van der Waals surface area (Å²) in [5.41, 5.74) is 5.20. The van der Waals surface area contributed by atoms with Gasteiger partial charge in [0, 0.05) is 0 Å². The number of carbonyl (C=O) groups excluding carboxylic acids is 1. The number of hydrazone groups is 1. The first-order chi connectivity index (χ1) is 13.4. The number of aromatic nitrogens is 2. The first kappa shape index (κ1) is 19.6. The van der Waals surface area contributed by atoms with Crippen LogP contribution in [0.4, 0.5) is 4.39 Å². The van der Waals surface area contributed by atoms with E-state index in [1.807, 2.05) is 25.1 Å². The minimum atomic E-state index is -0.405. The fraction of sp³-hybridized carbons (Fsp3) is 0.150. The van der Waals surface area contributed by atoms with Crippen LogP contribution in [0.15, 0.2) is 53.6 Å². The van der Waals surface area contributed by atoms with Crippen molar-refractivity contribution in [2.75, 3.05) is 6.61 Å². The Balaban J connectivity index is 1.62. The van der Waals surface area contributed by atoms with Gasteiger partial charge in [-0.25, -0.2) is 14.5 Å². The molecule has 1 N–H and O–H groups in total. The van der Waals surface area contributed by atoms with Crippen molar-refractivity contribution in [3.63, 3.8) is 0 Å². The van der Waals surface area contributed by atoms with Crippen LogP contribution in [0, 0.1) is 19.7 Å². The number of nitrogens with zero attached hydrogens (tertiary/aromatic N) is 3. The van der Waals surface area contributed by atoms with Crippen molar-refractivity contribution >= 4 is 23.7 Å². The summed E-state index contributed by atoms with van der Waals surface area (Å²) in [6, 6.07) is 13.2. The highest BCUT2D eigenvalue weighted by molar-refractivity contribution is 6.32. The number of amides is 1. The molecule has 144 valence electrons. The van der Waals surface area contributed by atoms with E-state index in [0.29, 0.717) is 27.8 Å². The molecule has 0 spiro atoms. The number of hydrogen-bond donors (Lipinski definition) is 1. The molecule has 0 radical (unpaired) electrons. The molecule has 0 atom stereocenters. The van der Waals surface area contributed by atoms with E-state index in [2.05, 4.69) is 15.6 Å². The van der Waals surface area contributed by atoms with Crippen LogP contribution in [0.25, 0.3) is 5.69 Å². The largest absolute Gasteiger partial charge is 0.484 e. The third-order valence-electron chi connectivity index (χ3n) is 3.86. The Hall–Kier alpha value is -3.19. The van der Waals surface area contributed by atoms with Gasteiger partial charge in [0.15, 0.2) is 6.61 Å². The molecule has 0 bridgehead atoms. The van der Waals surface area contributed by atoms with Gasteiger partial charge < -0.3 is 4.74 Å². The molecule has 1 aromatic heterocycles. The minimum absolute atomic E-state index is 0.164. The summed E-state index contributed by atoms with van der Waals surface area (Å²) >= 11 is 6.35. The highest BCUT2D eigenvalue weighted by atomic mass is 35.5. The van der Waals surface area contributed by atoms with E-state index >= 15 is 0 Å². The monoisotopic (exact) mass is 400 g/mol. The Morgan fingerprint density at radius 1 is 1.29 bits per heavy atom. The number of rotatable bonds is 6. The molecule has 1 heterocycles. The van der Waals surface area contributed by atoms with Crippen LogP contribution in [0.2, 0.25) is 5.15 Å². The van der Waals surface area contributed by atoms with E-state index in [-0.39, 0.29) is 12.4 Å². The predicted molar refractivity (Wildman–Crippen MR) is 106 cm³/mol. The van der Waals surface area contributed by atoms with Crippen LogP contribution in [-0.2, 0) is 4.79 Å². The van der Waals surface area contributed by atoms with Gasteiger partial charge in [0.2, 0.25) is 0 Å². The van der Waals surface area contributed by atoms with Gasteiger partial charge in [-0.15, -0.1) is 0 Å². The van der Waals surface area contributed by atoms with Gasteiger partial charge in [0.25, 0.3) is 5.91 Å². The zero-order valence-corrected chi connectivity index (χ0v) is 16.1. The van der Waals surface area contributed by atoms with Crippen LogP contribution in [0.5, 0.6) is 5.75 Å². The lowest BCUT2D eigenvalue weighted by Gasteiger charge is -2.05. The number of halogens is 2. The number of benzene rings is 2. The maximum absolute atomic E-state index is 13.1. The average molecular weight is 401 g/mol. The summed E-state index contributed by atoms with van der Waals surface area (Å²) < 4.78 is 20.0. The first-order valence-corrected chi connectivity index (χ1v) is 8.84. The Kier molecular flexibility index (Phi) is 6.06. The van der Waals surface area contributed by atoms with E-state index in [1.165, 1.54) is 23.0 Å². The second kappa shape index (κ2) is 8.67. The van der Waals surface area contributed by atoms with Crippen molar-refractivity contribution in [3.8, 4) is 11.4 Å². The Labute approximate surface area is 166 Å². The van der Waals surface area contributed by atoms with Gasteiger partial charge in [0.1, 0.15) is 16.7 Å². The molecule has 0 unspecified atom stereocenters. The van der Waals surface area contributed by atoms with Crippen molar-refractivity contribution in [2.45, 2.75) is 13.8 Å². The molecule has 0 saturated heterocycles. The van der Waals surface area contributed by atoms with Gasteiger partial charge in [0.05, 0.1) is 23.2 Å². The molecular formula is C20H18ClFN4O2. The summed E-state index contributed by atoms with van der Waals surface area (Å²) in [4.78, 5) is 11.9. The molecule has 0 fully saturated rings. The predicted octanol–water partition coefficient (Wildman–Crippen LogP) is 3.81. The van der Waals surface area contributed by atoms with Crippen molar-refractivity contribution in [1.82, 2.24) is 15.2 Å². The molecule has 0 aliphatic heterocycles. The summed E-state index contributed by atoms with van der Waals surface area (Å²) in [5, 5.41) is 8.54. The molecule has 8 heteroatoms. The number of nitrogens with one attached hydrogen (secondary N) is 1. The van der Waals surface area contributed by atoms with Crippen LogP contribution >= 0.6 is 11.6 Å². The maximum atomic E-state index is 13.1. The summed E-state index contributed by atoms with van der Waals surface area (Å²) in [6.45, 7) is 3.54. The number of ether oxygens (including phenoxy) is 1. The Morgan fingerprint density at radius 2 is 2.04 bits per heavy atom. The molecule has 0 aliphatic carbocycles. The van der Waals surface area contributed by atoms with Crippen molar-refractivity contribution in [2.24, 2.45) is 5.10 Å². The second-order valence-electron chi connectivity index (χ2n) is 6.08. The fourth-order valence-electron chi connectivity index (χ4n) is 2.47. The summed E-state index contributed by atoms with van der Waals surface area (Å²) in [7, 11) is 0. The van der Waals surface area contributed by atoms with Crippen LogP contribution in [0.1, 0.15) is 16.8 Å². The molecule has 2 aromatic carbocycles. The Morgan fingerprint density at radius 3 is 2.75 bits per heavy atom. The topological polar surface area (TPSA) is 68.5 Å². The number of carbonyl (C=O) groups is 1. The average Bonchev–Trinajstić information content (AvgIpc) is 2.95. The molecule has 28 heavy (non-hydrogen) atoms. The molecule has 0 aliphatic rings. The highest BCUT2D eigenvalue weighted by Crippen LogP contribution is 2.22. The van der Waals surface area contributed by atoms with Gasteiger partial charge >= 0.3 is 0 Å². The second-order valence-corrected chi connectivity index (χ2v) is 6.43. The van der Waals surface area contributed by atoms with E-state index in [1.54, 1.807) is 25.1 Å². The third kappa shape index (κ3) is 4.75. The van der Waals surface area contributed by atoms with Gasteiger partial charge in [-0.05, 0) is 55.8 Å². The standard InChI is InChI=1S/C20H18ClFN4O2/c1-13-4-3-5-17(10-13)28-12-19(27)24-23-11-18-14(2)25-26(20(18)21)16-8-6-15(22)7-9-16/h3-11H,12H2,1-2H3,(H,24,27)/b23-11+. The van der Waals surface area contributed by atoms with E-state index in [0.717, 1.165) is 5.56 Å². The van der Waals surface area contributed by atoms with Crippen LogP contribution in [-0.4, -0.2) is 28.5 Å². The van der Waals surface area contributed by atoms with Gasteiger partial charge in [-0.1, -0.05) is 23.7 Å². The lowest BCUT2D eigenvalue weighted by molar-refractivity contribution is -0.123. The van der Waals surface area contributed by atoms with Crippen molar-refractivity contribution in [1.29, 1.82) is 0 Å². The van der Waals surface area contributed by atoms with E-state index in [4.69, 9.17) is 16.3 Å². The van der Waals surface area contributed by atoms with Crippen LogP contribution in [0.3, 0.4) is 0 Å². The lowest BCUT2D eigenvalue weighted by Crippen LogP contribution is -2.24. The lowest BCUT2D eigenvalue weighted by atomic mass is 10.2. The fourth-order valence-corrected chi connectivity index (χ4v) is 2.79. The van der Waals surface area contributed by atoms with Gasteiger partial charge in [-0.3, -0.25) is 4.79 Å². The highest BCUT2D eigenvalue weighted by Gasteiger charge is 2.13. The van der Waals surface area contributed by atoms with E-state index in [9.17, 15) is 9.18 Å². The number of aryl methyl sites for hydroxylation is 2. The smallest absolute Gasteiger partial charge is 0.277 e. The summed E-state index contributed by atoms with van der Waals surface area (Å²) in [6.07, 6.45) is 1.41. The zero-order valence-electron chi connectivity index (χ0n) is 15.3. The molecule has 0 saturated carbocycles. The third-order valence-corrected chi connectivity index (χ3v) is 4.23. The molecular weight excluding hydrogens is 383 g/mol. The molecule has 3 aromatic rings. The molecule has 1 amide bonds. The first-order valence-electron chi connectivity index (χ1n) is 8.46. The zero-order chi connectivity index (χ0) is 20.1. The molecule has 3 rings (SSSR count). The molecule has 6 nitrogen and oxygen atoms in total. The summed E-state index contributed by atoms with van der Waals surface area (Å²) in [5.74, 6) is -0.141. The number of hydrogen-bond acceptors (Lipinski definition) is 4. The maximum Gasteiger partial charge on any atom is 0.277 e. The quantitative estimate of drug-likeness (QED) is 0.505. The van der Waals surface area contributed by atoms with Crippen molar-refractivity contribution < 1.29 is 13.9 Å². The van der Waals surface area contributed by atoms with Crippen LogP contribution < -0.4 is 10.2 Å². The normalized spacial score (nSPS) is 11.0. The van der Waals surface area contributed by atoms with Crippen molar-refractivity contribution in [3.05, 3.63) is 76.3 Å². The van der Waals surface area contributed by atoms with Gasteiger partial charge in [-0.2, -0.15) is 10.2 Å². The van der Waals surface area contributed by atoms with E-state index < -0.39 is 5.91 Å². The SMILES string of the molecule is Cc1cccc(OCC(=O)N/N=C/c2c(C)nn(-c3ccc(F)cc3)c2Cl)c1. The Bertz CT molecular complexity index is 1020. The minimum Gasteiger partial charge on any atom is -0.484 e.